The van der Waals surface area contributed by atoms with Crippen molar-refractivity contribution in [1.29, 1.82) is 0 Å². The zero-order valence-corrected chi connectivity index (χ0v) is 11.1. The minimum Gasteiger partial charge on any atom is -0.327 e. The molecule has 1 atom stereocenters. The van der Waals surface area contributed by atoms with E-state index in [0.29, 0.717) is 12.2 Å². The first-order chi connectivity index (χ1) is 8.13. The van der Waals surface area contributed by atoms with Crippen LogP contribution in [0.25, 0.3) is 0 Å². The molecule has 2 N–H and O–H groups in total. The SMILES string of the molecule is Cn1nnc(CC(N)Cc2ccc(Br)cc2)n1. The fourth-order valence-corrected chi connectivity index (χ4v) is 1.90. The summed E-state index contributed by atoms with van der Waals surface area (Å²) >= 11 is 3.41. The molecule has 0 aliphatic heterocycles. The molecular weight excluding hydrogens is 282 g/mol. The number of halogens is 1. The Morgan fingerprint density at radius 1 is 1.29 bits per heavy atom. The smallest absolute Gasteiger partial charge is 0.176 e. The molecule has 0 aliphatic rings. The van der Waals surface area contributed by atoms with E-state index in [2.05, 4.69) is 43.5 Å². The highest BCUT2D eigenvalue weighted by Crippen LogP contribution is 2.12. The normalized spacial score (nSPS) is 12.6. The Balaban J connectivity index is 1.93. The van der Waals surface area contributed by atoms with Crippen LogP contribution in [0.4, 0.5) is 0 Å². The van der Waals surface area contributed by atoms with E-state index < -0.39 is 0 Å². The first-order valence-electron chi connectivity index (χ1n) is 5.36. The summed E-state index contributed by atoms with van der Waals surface area (Å²) < 4.78 is 1.07. The molecule has 2 aromatic rings. The monoisotopic (exact) mass is 295 g/mol. The van der Waals surface area contributed by atoms with Gasteiger partial charge in [0.1, 0.15) is 0 Å². The van der Waals surface area contributed by atoms with Gasteiger partial charge in [-0.2, -0.15) is 4.80 Å². The number of hydrogen-bond acceptors (Lipinski definition) is 4. The Labute approximate surface area is 108 Å². The average Bonchev–Trinajstić information content (AvgIpc) is 2.67. The Morgan fingerprint density at radius 3 is 2.59 bits per heavy atom. The zero-order valence-electron chi connectivity index (χ0n) is 9.55. The van der Waals surface area contributed by atoms with Gasteiger partial charge in [-0.15, -0.1) is 10.2 Å². The van der Waals surface area contributed by atoms with Crippen LogP contribution in [0.1, 0.15) is 11.4 Å². The van der Waals surface area contributed by atoms with Crippen LogP contribution >= 0.6 is 15.9 Å². The maximum Gasteiger partial charge on any atom is 0.176 e. The first-order valence-corrected chi connectivity index (χ1v) is 6.15. The van der Waals surface area contributed by atoms with Crippen molar-refractivity contribution >= 4 is 15.9 Å². The third-order valence-corrected chi connectivity index (χ3v) is 2.93. The predicted molar refractivity (Wildman–Crippen MR) is 68.3 cm³/mol. The van der Waals surface area contributed by atoms with Gasteiger partial charge in [0, 0.05) is 16.9 Å². The molecule has 0 bridgehead atoms. The van der Waals surface area contributed by atoms with Crippen molar-refractivity contribution in [2.24, 2.45) is 12.8 Å². The minimum atomic E-state index is 0.0142. The van der Waals surface area contributed by atoms with E-state index in [1.807, 2.05) is 12.1 Å². The predicted octanol–water partition coefficient (Wildman–Crippen LogP) is 1.09. The minimum absolute atomic E-state index is 0.0142. The molecule has 5 nitrogen and oxygen atoms in total. The van der Waals surface area contributed by atoms with Gasteiger partial charge in [-0.3, -0.25) is 0 Å². The van der Waals surface area contributed by atoms with Crippen LogP contribution in [-0.2, 0) is 19.9 Å². The molecule has 0 spiro atoms. The Bertz CT molecular complexity index is 479. The van der Waals surface area contributed by atoms with Gasteiger partial charge in [-0.25, -0.2) is 0 Å². The fraction of sp³-hybridized carbons (Fsp3) is 0.364. The number of nitrogens with zero attached hydrogens (tertiary/aromatic N) is 4. The highest BCUT2D eigenvalue weighted by molar-refractivity contribution is 9.10. The van der Waals surface area contributed by atoms with E-state index in [0.717, 1.165) is 10.9 Å². The third kappa shape index (κ3) is 3.61. The molecule has 1 heterocycles. The van der Waals surface area contributed by atoms with Crippen molar-refractivity contribution in [3.63, 3.8) is 0 Å². The summed E-state index contributed by atoms with van der Waals surface area (Å²) in [5.41, 5.74) is 7.27. The van der Waals surface area contributed by atoms with Gasteiger partial charge < -0.3 is 5.73 Å². The molecule has 1 unspecified atom stereocenters. The molecule has 1 aromatic carbocycles. The van der Waals surface area contributed by atoms with Crippen molar-refractivity contribution in [1.82, 2.24) is 20.2 Å². The lowest BCUT2D eigenvalue weighted by Gasteiger charge is -2.09. The van der Waals surface area contributed by atoms with Gasteiger partial charge in [0.15, 0.2) is 5.82 Å². The molecule has 2 rings (SSSR count). The molecule has 90 valence electrons. The van der Waals surface area contributed by atoms with Gasteiger partial charge in [0.25, 0.3) is 0 Å². The summed E-state index contributed by atoms with van der Waals surface area (Å²) in [7, 11) is 1.75. The molecule has 6 heteroatoms. The summed E-state index contributed by atoms with van der Waals surface area (Å²) in [5.74, 6) is 0.692. The van der Waals surface area contributed by atoms with Gasteiger partial charge in [-0.1, -0.05) is 28.1 Å². The van der Waals surface area contributed by atoms with Gasteiger partial charge in [0.05, 0.1) is 7.05 Å². The summed E-state index contributed by atoms with van der Waals surface area (Å²) in [4.78, 5) is 1.45. The highest BCUT2D eigenvalue weighted by Gasteiger charge is 2.09. The summed E-state index contributed by atoms with van der Waals surface area (Å²) in [6.45, 7) is 0. The Morgan fingerprint density at radius 2 is 2.00 bits per heavy atom. The molecule has 17 heavy (non-hydrogen) atoms. The number of nitrogens with two attached hydrogens (primary N) is 1. The number of rotatable bonds is 4. The second kappa shape index (κ2) is 5.37. The van der Waals surface area contributed by atoms with E-state index in [9.17, 15) is 0 Å². The first kappa shape index (κ1) is 12.2. The van der Waals surface area contributed by atoms with E-state index in [1.165, 1.54) is 10.4 Å². The third-order valence-electron chi connectivity index (χ3n) is 2.41. The zero-order chi connectivity index (χ0) is 12.3. The number of tetrazole rings is 1. The van der Waals surface area contributed by atoms with Crippen molar-refractivity contribution < 1.29 is 0 Å². The highest BCUT2D eigenvalue weighted by atomic mass is 79.9. The number of hydrogen-bond donors (Lipinski definition) is 1. The van der Waals surface area contributed by atoms with Crippen LogP contribution in [0.15, 0.2) is 28.7 Å². The van der Waals surface area contributed by atoms with Crippen LogP contribution in [0.3, 0.4) is 0 Å². The average molecular weight is 296 g/mol. The standard InChI is InChI=1S/C11H14BrN5/c1-17-15-11(14-16-17)7-10(13)6-8-2-4-9(12)5-3-8/h2-5,10H,6-7,13H2,1H3. The molecule has 0 saturated heterocycles. The number of aryl methyl sites for hydroxylation is 1. The molecule has 0 saturated carbocycles. The van der Waals surface area contributed by atoms with E-state index >= 15 is 0 Å². The topological polar surface area (TPSA) is 69.6 Å². The lowest BCUT2D eigenvalue weighted by Crippen LogP contribution is -2.26. The van der Waals surface area contributed by atoms with Gasteiger partial charge in [0.2, 0.25) is 0 Å². The van der Waals surface area contributed by atoms with E-state index in [-0.39, 0.29) is 6.04 Å². The molecular formula is C11H14BrN5. The van der Waals surface area contributed by atoms with Crippen LogP contribution in [0.5, 0.6) is 0 Å². The van der Waals surface area contributed by atoms with Crippen LogP contribution in [0.2, 0.25) is 0 Å². The van der Waals surface area contributed by atoms with E-state index in [4.69, 9.17) is 5.73 Å². The maximum atomic E-state index is 6.06. The van der Waals surface area contributed by atoms with Gasteiger partial charge >= 0.3 is 0 Å². The maximum absolute atomic E-state index is 6.06. The molecule has 0 aliphatic carbocycles. The lowest BCUT2D eigenvalue weighted by atomic mass is 10.0. The lowest BCUT2D eigenvalue weighted by molar-refractivity contribution is 0.615. The van der Waals surface area contributed by atoms with Crippen LogP contribution < -0.4 is 5.73 Å². The summed E-state index contributed by atoms with van der Waals surface area (Å²) in [5, 5.41) is 11.8. The Hall–Kier alpha value is -1.27. The summed E-state index contributed by atoms with van der Waals surface area (Å²) in [6.07, 6.45) is 1.45. The van der Waals surface area contributed by atoms with Crippen molar-refractivity contribution in [2.75, 3.05) is 0 Å². The fourth-order valence-electron chi connectivity index (χ4n) is 1.63. The van der Waals surface area contributed by atoms with Gasteiger partial charge in [-0.05, 0) is 29.3 Å². The Kier molecular flexibility index (Phi) is 3.86. The number of benzene rings is 1. The van der Waals surface area contributed by atoms with Crippen molar-refractivity contribution in [3.05, 3.63) is 40.1 Å². The summed E-state index contributed by atoms with van der Waals surface area (Å²) in [6, 6.07) is 8.17. The second-order valence-corrected chi connectivity index (χ2v) is 4.91. The molecule has 0 amide bonds. The van der Waals surface area contributed by atoms with Crippen LogP contribution in [0, 0.1) is 0 Å². The quantitative estimate of drug-likeness (QED) is 0.916. The van der Waals surface area contributed by atoms with Crippen molar-refractivity contribution in [3.8, 4) is 0 Å². The molecule has 0 fully saturated rings. The van der Waals surface area contributed by atoms with E-state index in [1.54, 1.807) is 7.05 Å². The molecule has 0 radical (unpaired) electrons. The largest absolute Gasteiger partial charge is 0.327 e. The van der Waals surface area contributed by atoms with Crippen LogP contribution in [-0.4, -0.2) is 26.2 Å². The second-order valence-electron chi connectivity index (χ2n) is 3.99. The molecule has 1 aromatic heterocycles. The van der Waals surface area contributed by atoms with Crippen molar-refractivity contribution in [2.45, 2.75) is 18.9 Å². The number of aromatic nitrogens is 4.